The number of carbonyl (C=O) groups excluding carboxylic acids is 2. The van der Waals surface area contributed by atoms with Gasteiger partial charge in [-0.3, -0.25) is 23.9 Å². The molecule has 2 fully saturated rings. The highest BCUT2D eigenvalue weighted by Crippen LogP contribution is 2.43. The fourth-order valence-corrected chi connectivity index (χ4v) is 7.05. The van der Waals surface area contributed by atoms with E-state index in [-0.39, 0.29) is 23.4 Å². The number of rotatable bonds is 6. The Morgan fingerprint density at radius 3 is 2.48 bits per heavy atom. The predicted octanol–water partition coefficient (Wildman–Crippen LogP) is 3.52. The highest BCUT2D eigenvalue weighted by Gasteiger charge is 2.38. The Balaban J connectivity index is 0.00000182. The van der Waals surface area contributed by atoms with Crippen LogP contribution in [-0.2, 0) is 36.0 Å². The van der Waals surface area contributed by atoms with E-state index in [2.05, 4.69) is 24.9 Å². The summed E-state index contributed by atoms with van der Waals surface area (Å²) in [6.07, 6.45) is 3.02. The molecule has 248 valence electrons. The molecule has 2 amide bonds. The van der Waals surface area contributed by atoms with Crippen molar-refractivity contribution in [3.05, 3.63) is 46.9 Å². The Hall–Kier alpha value is -3.84. The van der Waals surface area contributed by atoms with Crippen molar-refractivity contribution >= 4 is 23.3 Å². The quantitative estimate of drug-likeness (QED) is 0.442. The van der Waals surface area contributed by atoms with Crippen molar-refractivity contribution in [1.29, 1.82) is 0 Å². The number of aromatic nitrogens is 4. The molecule has 0 atom stereocenters. The number of nitrogens with one attached hydrogen (secondary N) is 1. The number of alkyl halides is 2. The number of hydrogen-bond acceptors (Lipinski definition) is 7. The Bertz CT molecular complexity index is 1570. The van der Waals surface area contributed by atoms with E-state index < -0.39 is 6.43 Å². The second-order valence-corrected chi connectivity index (χ2v) is 12.4. The van der Waals surface area contributed by atoms with Crippen LogP contribution in [0.5, 0.6) is 0 Å². The first-order valence-electron chi connectivity index (χ1n) is 16.5. The zero-order valence-electron chi connectivity index (χ0n) is 27.3. The van der Waals surface area contributed by atoms with Crippen LogP contribution in [0.2, 0.25) is 0 Å². The SMILES string of the molecule is CC.CC(=O)N1CCc2c(c(N3CCCc4cc(-c5cnn(C)c5)c(C(F)F)cc43)nn2C2CN(C(=O)CN3CCNCC3)C2)C1. The lowest BCUT2D eigenvalue weighted by Gasteiger charge is -2.41. The fourth-order valence-electron chi connectivity index (χ4n) is 7.05. The minimum atomic E-state index is -2.65. The van der Waals surface area contributed by atoms with Gasteiger partial charge in [-0.15, -0.1) is 0 Å². The van der Waals surface area contributed by atoms with E-state index >= 15 is 0 Å². The van der Waals surface area contributed by atoms with E-state index in [0.29, 0.717) is 56.8 Å². The molecule has 13 heteroatoms. The summed E-state index contributed by atoms with van der Waals surface area (Å²) >= 11 is 0. The second kappa shape index (κ2) is 13.5. The van der Waals surface area contributed by atoms with Crippen molar-refractivity contribution in [2.45, 2.75) is 59.0 Å². The summed E-state index contributed by atoms with van der Waals surface area (Å²) in [5.74, 6) is 0.871. The molecule has 11 nitrogen and oxygen atoms in total. The molecule has 2 aromatic heterocycles. The average Bonchev–Trinajstić information content (AvgIpc) is 3.64. The molecule has 0 aliphatic carbocycles. The molecule has 0 bridgehead atoms. The molecular formula is C33H45F2N9O2. The number of fused-ring (bicyclic) bond motifs is 2. The first-order chi connectivity index (χ1) is 22.3. The van der Waals surface area contributed by atoms with Gasteiger partial charge in [-0.05, 0) is 36.1 Å². The Morgan fingerprint density at radius 2 is 1.80 bits per heavy atom. The number of hydrogen-bond donors (Lipinski definition) is 1. The number of piperazine rings is 1. The standard InChI is InChI=1S/C31H39F2N9O2.C2H6/c1-20(43)39-9-5-27-26(18-39)31(36-42(27)23-16-40(17-23)29(44)19-38-10-6-34-7-11-38)41-8-3-4-21-12-24(22-14-35-37(2)15-22)25(30(32)33)13-28(21)41;1-2/h12-15,23,30,34H,3-11,16-19H2,1-2H3;1-2H3. The smallest absolute Gasteiger partial charge is 0.264 e. The van der Waals surface area contributed by atoms with Gasteiger partial charge >= 0.3 is 0 Å². The topological polar surface area (TPSA) is 94.8 Å². The molecule has 1 N–H and O–H groups in total. The van der Waals surface area contributed by atoms with Crippen LogP contribution in [0.3, 0.4) is 0 Å². The number of halogens is 2. The van der Waals surface area contributed by atoms with E-state index in [0.717, 1.165) is 67.3 Å². The summed E-state index contributed by atoms with van der Waals surface area (Å²) in [5, 5.41) is 12.7. The zero-order chi connectivity index (χ0) is 32.5. The molecule has 6 heterocycles. The van der Waals surface area contributed by atoms with Crippen molar-refractivity contribution < 1.29 is 18.4 Å². The van der Waals surface area contributed by atoms with Gasteiger partial charge in [0, 0.05) is 107 Å². The van der Waals surface area contributed by atoms with Gasteiger partial charge in [0.25, 0.3) is 6.43 Å². The minimum Gasteiger partial charge on any atom is -0.338 e. The third-order valence-corrected chi connectivity index (χ3v) is 9.52. The van der Waals surface area contributed by atoms with Gasteiger partial charge < -0.3 is 20.0 Å². The molecule has 4 aliphatic rings. The third kappa shape index (κ3) is 6.14. The van der Waals surface area contributed by atoms with Gasteiger partial charge in [0.15, 0.2) is 5.82 Å². The average molecular weight is 638 g/mol. The van der Waals surface area contributed by atoms with Crippen molar-refractivity contribution in [2.24, 2.45) is 7.05 Å². The van der Waals surface area contributed by atoms with Crippen LogP contribution < -0.4 is 10.2 Å². The number of benzene rings is 1. The molecule has 0 saturated carbocycles. The maximum Gasteiger partial charge on any atom is 0.264 e. The van der Waals surface area contributed by atoms with E-state index in [4.69, 9.17) is 5.10 Å². The lowest BCUT2D eigenvalue weighted by atomic mass is 9.92. The van der Waals surface area contributed by atoms with Gasteiger partial charge in [-0.25, -0.2) is 8.78 Å². The van der Waals surface area contributed by atoms with Gasteiger partial charge in [-0.1, -0.05) is 13.8 Å². The van der Waals surface area contributed by atoms with E-state index in [9.17, 15) is 18.4 Å². The van der Waals surface area contributed by atoms with Crippen molar-refractivity contribution in [3.8, 4) is 11.1 Å². The maximum absolute atomic E-state index is 14.5. The first-order valence-corrected chi connectivity index (χ1v) is 16.5. The third-order valence-electron chi connectivity index (χ3n) is 9.52. The lowest BCUT2D eigenvalue weighted by Crippen LogP contribution is -2.55. The van der Waals surface area contributed by atoms with Crippen LogP contribution in [0.15, 0.2) is 24.5 Å². The van der Waals surface area contributed by atoms with E-state index in [1.54, 1.807) is 37.1 Å². The molecule has 46 heavy (non-hydrogen) atoms. The van der Waals surface area contributed by atoms with Gasteiger partial charge in [0.2, 0.25) is 11.8 Å². The monoisotopic (exact) mass is 637 g/mol. The van der Waals surface area contributed by atoms with Crippen LogP contribution in [-0.4, -0.2) is 105 Å². The number of aryl methyl sites for hydroxylation is 2. The number of nitrogens with zero attached hydrogens (tertiary/aromatic N) is 8. The van der Waals surface area contributed by atoms with Gasteiger partial charge in [-0.2, -0.15) is 10.2 Å². The van der Waals surface area contributed by atoms with E-state index in [1.165, 1.54) is 0 Å². The van der Waals surface area contributed by atoms with Crippen LogP contribution in [0, 0.1) is 0 Å². The second-order valence-electron chi connectivity index (χ2n) is 12.4. The fraction of sp³-hybridized carbons (Fsp3) is 0.576. The number of anilines is 2. The summed E-state index contributed by atoms with van der Waals surface area (Å²) in [4.78, 5) is 33.4. The summed E-state index contributed by atoms with van der Waals surface area (Å²) in [6, 6.07) is 3.56. The predicted molar refractivity (Wildman–Crippen MR) is 172 cm³/mol. The minimum absolute atomic E-state index is 0.00261. The first kappa shape index (κ1) is 32.1. The molecule has 7 rings (SSSR count). The van der Waals surface area contributed by atoms with Crippen LogP contribution in [0.1, 0.15) is 62.0 Å². The molecule has 2 saturated heterocycles. The zero-order valence-corrected chi connectivity index (χ0v) is 27.3. The van der Waals surface area contributed by atoms with Gasteiger partial charge in [0.1, 0.15) is 0 Å². The highest BCUT2D eigenvalue weighted by atomic mass is 19.3. The lowest BCUT2D eigenvalue weighted by molar-refractivity contribution is -0.138. The van der Waals surface area contributed by atoms with Crippen molar-refractivity contribution in [1.82, 2.24) is 39.6 Å². The molecule has 4 aliphatic heterocycles. The van der Waals surface area contributed by atoms with Crippen LogP contribution in [0.4, 0.5) is 20.3 Å². The molecule has 3 aromatic rings. The Kier molecular flexibility index (Phi) is 9.42. The van der Waals surface area contributed by atoms with Crippen molar-refractivity contribution in [3.63, 3.8) is 0 Å². The largest absolute Gasteiger partial charge is 0.338 e. The van der Waals surface area contributed by atoms with Crippen molar-refractivity contribution in [2.75, 3.05) is 63.8 Å². The molecule has 0 spiro atoms. The molecule has 1 aromatic carbocycles. The van der Waals surface area contributed by atoms with Crippen LogP contribution in [0.25, 0.3) is 11.1 Å². The molecule has 0 radical (unpaired) electrons. The summed E-state index contributed by atoms with van der Waals surface area (Å²) < 4.78 is 32.7. The Morgan fingerprint density at radius 1 is 1.04 bits per heavy atom. The molecule has 0 unspecified atom stereocenters. The number of amides is 2. The maximum atomic E-state index is 14.5. The van der Waals surface area contributed by atoms with E-state index in [1.807, 2.05) is 29.7 Å². The van der Waals surface area contributed by atoms with Gasteiger partial charge in [0.05, 0.1) is 25.3 Å². The number of carbonyl (C=O) groups is 2. The normalized spacial score (nSPS) is 18.5. The molecular weight excluding hydrogens is 592 g/mol. The van der Waals surface area contributed by atoms with Crippen LogP contribution >= 0.6 is 0 Å². The Labute approximate surface area is 269 Å². The summed E-state index contributed by atoms with van der Waals surface area (Å²) in [7, 11) is 1.78. The summed E-state index contributed by atoms with van der Waals surface area (Å²) in [6.45, 7) is 12.4. The highest BCUT2D eigenvalue weighted by molar-refractivity contribution is 5.80. The number of likely N-dealkylation sites (tertiary alicyclic amines) is 1. The summed E-state index contributed by atoms with van der Waals surface area (Å²) in [5.41, 5.74) is 4.93.